The highest BCUT2D eigenvalue weighted by atomic mass is 16.6. The number of benzene rings is 2. The third-order valence-electron chi connectivity index (χ3n) is 5.86. The van der Waals surface area contributed by atoms with E-state index in [1.807, 2.05) is 6.92 Å². The average Bonchev–Trinajstić information content (AvgIpc) is 2.79. The van der Waals surface area contributed by atoms with E-state index in [-0.39, 0.29) is 11.6 Å². The lowest BCUT2D eigenvalue weighted by molar-refractivity contribution is -0.384. The molecule has 0 bridgehead atoms. The normalized spacial score (nSPS) is 18.3. The number of nitro groups is 1. The minimum Gasteiger partial charge on any atom is -0.352 e. The summed E-state index contributed by atoms with van der Waals surface area (Å²) in [6.45, 7) is 3.15. The van der Waals surface area contributed by atoms with Crippen LogP contribution in [0.1, 0.15) is 52.0 Å². The molecule has 0 aliphatic heterocycles. The van der Waals surface area contributed by atoms with Crippen LogP contribution in [0.15, 0.2) is 42.5 Å². The topological polar surface area (TPSA) is 127 Å². The minimum atomic E-state index is -0.516. The van der Waals surface area contributed by atoms with Gasteiger partial charge < -0.3 is 16.4 Å². The van der Waals surface area contributed by atoms with E-state index < -0.39 is 10.8 Å². The number of nitrogens with two attached hydrogens (primary N) is 1. The first kappa shape index (κ1) is 22.4. The summed E-state index contributed by atoms with van der Waals surface area (Å²) in [4.78, 5) is 35.4. The fraction of sp³-hybridized carbons (Fsp3) is 0.391. The molecule has 2 aromatic rings. The van der Waals surface area contributed by atoms with Crippen molar-refractivity contribution in [2.75, 3.05) is 18.4 Å². The van der Waals surface area contributed by atoms with Gasteiger partial charge in [-0.1, -0.05) is 12.5 Å². The van der Waals surface area contributed by atoms with Gasteiger partial charge in [-0.15, -0.1) is 0 Å². The Balaban J connectivity index is 1.63. The molecule has 8 nitrogen and oxygen atoms in total. The fourth-order valence-electron chi connectivity index (χ4n) is 3.97. The predicted octanol–water partition coefficient (Wildman–Crippen LogP) is 3.65. The van der Waals surface area contributed by atoms with Gasteiger partial charge in [0, 0.05) is 35.5 Å². The van der Waals surface area contributed by atoms with Crippen molar-refractivity contribution in [2.24, 2.45) is 17.6 Å². The standard InChI is InChI=1S/C23H28N4O4/c1-15-5-6-19(22(28)25-14-17-4-2-3-16(11-17)13-24)12-21(15)26-23(29)18-7-9-20(10-8-18)27(30)31/h5-10,12,16-17H,2-4,11,13-14,24H2,1H3,(H,25,28)(H,26,29). The molecule has 2 unspecified atom stereocenters. The number of amides is 2. The number of rotatable bonds is 7. The van der Waals surface area contributed by atoms with Crippen LogP contribution in [0.3, 0.4) is 0 Å². The molecule has 2 atom stereocenters. The third kappa shape index (κ3) is 5.88. The van der Waals surface area contributed by atoms with Gasteiger partial charge in [-0.3, -0.25) is 19.7 Å². The smallest absolute Gasteiger partial charge is 0.269 e. The summed E-state index contributed by atoms with van der Waals surface area (Å²) in [5, 5.41) is 16.6. The van der Waals surface area contributed by atoms with E-state index in [1.165, 1.54) is 24.3 Å². The number of nitrogens with one attached hydrogen (secondary N) is 2. The fourth-order valence-corrected chi connectivity index (χ4v) is 3.97. The second kappa shape index (κ2) is 10.2. The SMILES string of the molecule is Cc1ccc(C(=O)NCC2CCCC(CN)C2)cc1NC(=O)c1ccc([N+](=O)[O-])cc1. The molecule has 4 N–H and O–H groups in total. The van der Waals surface area contributed by atoms with Gasteiger partial charge in [-0.2, -0.15) is 0 Å². The van der Waals surface area contributed by atoms with E-state index in [0.29, 0.717) is 41.7 Å². The van der Waals surface area contributed by atoms with E-state index >= 15 is 0 Å². The lowest BCUT2D eigenvalue weighted by Crippen LogP contribution is -2.33. The van der Waals surface area contributed by atoms with Gasteiger partial charge in [0.05, 0.1) is 4.92 Å². The zero-order valence-electron chi connectivity index (χ0n) is 17.6. The van der Waals surface area contributed by atoms with Crippen molar-refractivity contribution >= 4 is 23.2 Å². The molecule has 31 heavy (non-hydrogen) atoms. The third-order valence-corrected chi connectivity index (χ3v) is 5.86. The molecule has 0 spiro atoms. The van der Waals surface area contributed by atoms with Gasteiger partial charge in [0.2, 0.25) is 0 Å². The Morgan fingerprint density at radius 3 is 2.42 bits per heavy atom. The zero-order valence-corrected chi connectivity index (χ0v) is 17.6. The highest BCUT2D eigenvalue weighted by Crippen LogP contribution is 2.28. The first-order valence-corrected chi connectivity index (χ1v) is 10.5. The molecule has 0 radical (unpaired) electrons. The van der Waals surface area contributed by atoms with Crippen LogP contribution < -0.4 is 16.4 Å². The van der Waals surface area contributed by atoms with E-state index in [2.05, 4.69) is 10.6 Å². The second-order valence-electron chi connectivity index (χ2n) is 8.13. The van der Waals surface area contributed by atoms with Gasteiger partial charge in [-0.05, 0) is 74.4 Å². The molecule has 1 aliphatic carbocycles. The van der Waals surface area contributed by atoms with Crippen molar-refractivity contribution in [3.63, 3.8) is 0 Å². The van der Waals surface area contributed by atoms with E-state index in [4.69, 9.17) is 5.73 Å². The van der Waals surface area contributed by atoms with Gasteiger partial charge in [0.1, 0.15) is 0 Å². The molecule has 1 aliphatic rings. The lowest BCUT2D eigenvalue weighted by Gasteiger charge is -2.28. The van der Waals surface area contributed by atoms with Crippen molar-refractivity contribution < 1.29 is 14.5 Å². The van der Waals surface area contributed by atoms with Crippen molar-refractivity contribution in [1.29, 1.82) is 0 Å². The summed E-state index contributed by atoms with van der Waals surface area (Å²) in [7, 11) is 0. The molecule has 2 amide bonds. The van der Waals surface area contributed by atoms with Crippen LogP contribution in [0.2, 0.25) is 0 Å². The summed E-state index contributed by atoms with van der Waals surface area (Å²) in [6.07, 6.45) is 4.45. The van der Waals surface area contributed by atoms with Crippen molar-refractivity contribution in [3.05, 3.63) is 69.3 Å². The van der Waals surface area contributed by atoms with Crippen molar-refractivity contribution in [2.45, 2.75) is 32.6 Å². The molecular formula is C23H28N4O4. The first-order chi connectivity index (χ1) is 14.9. The van der Waals surface area contributed by atoms with E-state index in [9.17, 15) is 19.7 Å². The minimum absolute atomic E-state index is 0.0813. The Kier molecular flexibility index (Phi) is 7.36. The Hall–Kier alpha value is -3.26. The molecule has 3 rings (SSSR count). The van der Waals surface area contributed by atoms with Gasteiger partial charge >= 0.3 is 0 Å². The number of nitro benzene ring substituents is 1. The number of anilines is 1. The Bertz CT molecular complexity index is 959. The molecule has 2 aromatic carbocycles. The zero-order chi connectivity index (χ0) is 22.4. The van der Waals surface area contributed by atoms with Crippen LogP contribution in [-0.2, 0) is 0 Å². The number of hydrogen-bond acceptors (Lipinski definition) is 5. The summed E-state index contributed by atoms with van der Waals surface area (Å²) < 4.78 is 0. The van der Waals surface area contributed by atoms with Crippen LogP contribution >= 0.6 is 0 Å². The number of non-ortho nitro benzene ring substituents is 1. The monoisotopic (exact) mass is 424 g/mol. The highest BCUT2D eigenvalue weighted by Gasteiger charge is 2.21. The lowest BCUT2D eigenvalue weighted by atomic mass is 9.81. The molecule has 1 saturated carbocycles. The average molecular weight is 425 g/mol. The summed E-state index contributed by atoms with van der Waals surface area (Å²) in [5.41, 5.74) is 7.81. The maximum absolute atomic E-state index is 12.6. The quantitative estimate of drug-likeness (QED) is 0.462. The predicted molar refractivity (Wildman–Crippen MR) is 119 cm³/mol. The van der Waals surface area contributed by atoms with E-state index in [0.717, 1.165) is 31.2 Å². The van der Waals surface area contributed by atoms with Crippen LogP contribution in [0.25, 0.3) is 0 Å². The first-order valence-electron chi connectivity index (χ1n) is 10.5. The number of carbonyl (C=O) groups is 2. The van der Waals surface area contributed by atoms with Crippen LogP contribution in [-0.4, -0.2) is 29.8 Å². The second-order valence-corrected chi connectivity index (χ2v) is 8.13. The molecular weight excluding hydrogens is 396 g/mol. The van der Waals surface area contributed by atoms with Gasteiger partial charge in [0.25, 0.3) is 17.5 Å². The number of aryl methyl sites for hydroxylation is 1. The molecule has 8 heteroatoms. The number of carbonyl (C=O) groups excluding carboxylic acids is 2. The summed E-state index contributed by atoms with van der Waals surface area (Å²) in [5.74, 6) is 0.403. The maximum Gasteiger partial charge on any atom is 0.269 e. The van der Waals surface area contributed by atoms with Crippen LogP contribution in [0.5, 0.6) is 0 Å². The maximum atomic E-state index is 12.6. The van der Waals surface area contributed by atoms with E-state index in [1.54, 1.807) is 18.2 Å². The van der Waals surface area contributed by atoms with Gasteiger partial charge in [0.15, 0.2) is 0 Å². The Labute approximate surface area is 181 Å². The Morgan fingerprint density at radius 1 is 1.06 bits per heavy atom. The molecule has 164 valence electrons. The molecule has 0 aromatic heterocycles. The molecule has 1 fully saturated rings. The summed E-state index contributed by atoms with van der Waals surface area (Å²) in [6, 6.07) is 10.5. The number of nitrogens with zero attached hydrogens (tertiary/aromatic N) is 1. The largest absolute Gasteiger partial charge is 0.352 e. The molecule has 0 saturated heterocycles. The van der Waals surface area contributed by atoms with Crippen LogP contribution in [0.4, 0.5) is 11.4 Å². The van der Waals surface area contributed by atoms with Gasteiger partial charge in [-0.25, -0.2) is 0 Å². The highest BCUT2D eigenvalue weighted by molar-refractivity contribution is 6.05. The van der Waals surface area contributed by atoms with Crippen molar-refractivity contribution in [1.82, 2.24) is 5.32 Å². The molecule has 0 heterocycles. The number of hydrogen-bond donors (Lipinski definition) is 3. The Morgan fingerprint density at radius 2 is 1.74 bits per heavy atom. The van der Waals surface area contributed by atoms with Crippen molar-refractivity contribution in [3.8, 4) is 0 Å². The van der Waals surface area contributed by atoms with Crippen LogP contribution in [0, 0.1) is 28.9 Å². The summed E-state index contributed by atoms with van der Waals surface area (Å²) >= 11 is 0.